The highest BCUT2D eigenvalue weighted by atomic mass is 16.5. The molecule has 0 amide bonds. The number of aryl methyl sites for hydroxylation is 1. The van der Waals surface area contributed by atoms with E-state index in [9.17, 15) is 15.0 Å². The second-order valence-corrected chi connectivity index (χ2v) is 5.88. The van der Waals surface area contributed by atoms with Crippen molar-refractivity contribution in [1.29, 1.82) is 0 Å². The van der Waals surface area contributed by atoms with Gasteiger partial charge in [0.1, 0.15) is 17.3 Å². The van der Waals surface area contributed by atoms with Gasteiger partial charge in [0.15, 0.2) is 0 Å². The maximum Gasteiger partial charge on any atom is 0.138 e. The van der Waals surface area contributed by atoms with Crippen molar-refractivity contribution in [2.75, 3.05) is 7.11 Å². The van der Waals surface area contributed by atoms with E-state index in [-0.39, 0.29) is 23.9 Å². The number of phenolic OH excluding ortho intramolecular Hbond substituents is 1. The number of Topliss-reactive ketones (excluding diaryl/α,β-unsaturated/α-hetero) is 1. The predicted molar refractivity (Wildman–Crippen MR) is 87.6 cm³/mol. The van der Waals surface area contributed by atoms with Crippen molar-refractivity contribution in [3.63, 3.8) is 0 Å². The van der Waals surface area contributed by atoms with E-state index in [1.807, 2.05) is 27.7 Å². The van der Waals surface area contributed by atoms with E-state index in [0.29, 0.717) is 24.2 Å². The van der Waals surface area contributed by atoms with Crippen molar-refractivity contribution >= 4 is 5.78 Å². The molecule has 2 unspecified atom stereocenters. The Hall–Kier alpha value is -1.55. The molecule has 1 rings (SSSR count). The lowest BCUT2D eigenvalue weighted by Crippen LogP contribution is -2.20. The molecule has 124 valence electrons. The lowest BCUT2D eigenvalue weighted by atomic mass is 9.88. The molecule has 0 aliphatic heterocycles. The average Bonchev–Trinajstić information content (AvgIpc) is 2.50. The summed E-state index contributed by atoms with van der Waals surface area (Å²) in [5, 5.41) is 19.6. The number of carbonyl (C=O) groups is 1. The van der Waals surface area contributed by atoms with E-state index < -0.39 is 6.10 Å². The molecule has 0 aliphatic carbocycles. The van der Waals surface area contributed by atoms with Crippen LogP contribution >= 0.6 is 0 Å². The minimum Gasteiger partial charge on any atom is -0.508 e. The standard InChI is InChI=1S/C18H28O4/c1-6-13-9-17(21)12(4)18(22-5)15(13)8-11(3)16(20)10-14(19)7-2/h9,11,14,19,21H,6-8,10H2,1-5H3. The van der Waals surface area contributed by atoms with E-state index in [1.165, 1.54) is 0 Å². The average molecular weight is 308 g/mol. The fraction of sp³-hybridized carbons (Fsp3) is 0.611. The molecule has 0 aliphatic rings. The van der Waals surface area contributed by atoms with E-state index in [2.05, 4.69) is 0 Å². The van der Waals surface area contributed by atoms with Crippen LogP contribution in [0.5, 0.6) is 11.5 Å². The smallest absolute Gasteiger partial charge is 0.138 e. The molecule has 0 bridgehead atoms. The molecular formula is C18H28O4. The second-order valence-electron chi connectivity index (χ2n) is 5.88. The van der Waals surface area contributed by atoms with E-state index in [1.54, 1.807) is 13.2 Å². The van der Waals surface area contributed by atoms with Gasteiger partial charge >= 0.3 is 0 Å². The number of aliphatic hydroxyl groups is 1. The predicted octanol–water partition coefficient (Wildman–Crippen LogP) is 3.18. The second kappa shape index (κ2) is 8.18. The molecule has 4 heteroatoms. The van der Waals surface area contributed by atoms with E-state index in [0.717, 1.165) is 17.5 Å². The first-order valence-electron chi connectivity index (χ1n) is 7.94. The maximum absolute atomic E-state index is 12.2. The number of hydrogen-bond acceptors (Lipinski definition) is 4. The molecule has 4 nitrogen and oxygen atoms in total. The number of aromatic hydroxyl groups is 1. The number of carbonyl (C=O) groups excluding carboxylic acids is 1. The van der Waals surface area contributed by atoms with Crippen molar-refractivity contribution in [2.45, 2.75) is 59.5 Å². The van der Waals surface area contributed by atoms with Gasteiger partial charge in [-0.1, -0.05) is 20.8 Å². The fourth-order valence-electron chi connectivity index (χ4n) is 2.66. The van der Waals surface area contributed by atoms with Crippen LogP contribution in [-0.2, 0) is 17.6 Å². The Labute approximate surface area is 133 Å². The van der Waals surface area contributed by atoms with Crippen LogP contribution in [0.3, 0.4) is 0 Å². The zero-order valence-corrected chi connectivity index (χ0v) is 14.3. The van der Waals surface area contributed by atoms with Crippen LogP contribution in [0.15, 0.2) is 6.07 Å². The topological polar surface area (TPSA) is 66.8 Å². The van der Waals surface area contributed by atoms with Crippen LogP contribution in [0.25, 0.3) is 0 Å². The Balaban J connectivity index is 3.06. The molecule has 0 heterocycles. The number of hydrogen-bond donors (Lipinski definition) is 2. The highest BCUT2D eigenvalue weighted by molar-refractivity contribution is 5.81. The lowest BCUT2D eigenvalue weighted by Gasteiger charge is -2.20. The molecule has 22 heavy (non-hydrogen) atoms. The van der Waals surface area contributed by atoms with Crippen LogP contribution in [0.1, 0.15) is 50.3 Å². The molecule has 0 aromatic heterocycles. The van der Waals surface area contributed by atoms with Crippen molar-refractivity contribution in [2.24, 2.45) is 5.92 Å². The van der Waals surface area contributed by atoms with Crippen LogP contribution in [0.4, 0.5) is 0 Å². The van der Waals surface area contributed by atoms with Gasteiger partial charge in [-0.25, -0.2) is 0 Å². The normalized spacial score (nSPS) is 13.7. The van der Waals surface area contributed by atoms with Crippen molar-refractivity contribution in [3.8, 4) is 11.5 Å². The number of methoxy groups -OCH3 is 1. The van der Waals surface area contributed by atoms with Crippen molar-refractivity contribution in [3.05, 3.63) is 22.8 Å². The van der Waals surface area contributed by atoms with Gasteiger partial charge in [0.25, 0.3) is 0 Å². The molecule has 2 N–H and O–H groups in total. The number of rotatable bonds is 8. The van der Waals surface area contributed by atoms with Crippen LogP contribution < -0.4 is 4.74 Å². The first-order chi connectivity index (χ1) is 10.3. The number of ketones is 1. The van der Waals surface area contributed by atoms with Gasteiger partial charge < -0.3 is 14.9 Å². The fourth-order valence-corrected chi connectivity index (χ4v) is 2.66. The van der Waals surface area contributed by atoms with Crippen LogP contribution in [0, 0.1) is 12.8 Å². The minimum atomic E-state index is -0.566. The minimum absolute atomic E-state index is 0.0594. The van der Waals surface area contributed by atoms with E-state index in [4.69, 9.17) is 4.74 Å². The first-order valence-corrected chi connectivity index (χ1v) is 7.94. The van der Waals surface area contributed by atoms with Gasteiger partial charge in [-0.3, -0.25) is 4.79 Å². The van der Waals surface area contributed by atoms with Gasteiger partial charge in [-0.15, -0.1) is 0 Å². The molecule has 0 fully saturated rings. The molecule has 0 saturated heterocycles. The summed E-state index contributed by atoms with van der Waals surface area (Å²) in [6.07, 6.45) is 1.53. The lowest BCUT2D eigenvalue weighted by molar-refractivity contribution is -0.124. The number of aliphatic hydroxyl groups excluding tert-OH is 1. The highest BCUT2D eigenvalue weighted by Gasteiger charge is 2.22. The first kappa shape index (κ1) is 18.5. The monoisotopic (exact) mass is 308 g/mol. The third-order valence-electron chi connectivity index (χ3n) is 4.25. The Morgan fingerprint density at radius 2 is 2.00 bits per heavy atom. The third kappa shape index (κ3) is 4.23. The molecule has 0 radical (unpaired) electrons. The van der Waals surface area contributed by atoms with Gasteiger partial charge in [0.05, 0.1) is 13.2 Å². The van der Waals surface area contributed by atoms with Gasteiger partial charge in [0, 0.05) is 17.9 Å². The highest BCUT2D eigenvalue weighted by Crippen LogP contribution is 2.35. The number of benzene rings is 1. The van der Waals surface area contributed by atoms with E-state index >= 15 is 0 Å². The largest absolute Gasteiger partial charge is 0.508 e. The van der Waals surface area contributed by atoms with Crippen molar-refractivity contribution in [1.82, 2.24) is 0 Å². The van der Waals surface area contributed by atoms with Gasteiger partial charge in [-0.05, 0) is 43.4 Å². The molecule has 1 aromatic carbocycles. The maximum atomic E-state index is 12.2. The third-order valence-corrected chi connectivity index (χ3v) is 4.25. The molecular weight excluding hydrogens is 280 g/mol. The number of ether oxygens (including phenoxy) is 1. The summed E-state index contributed by atoms with van der Waals surface area (Å²) in [7, 11) is 1.58. The van der Waals surface area contributed by atoms with Crippen LogP contribution in [-0.4, -0.2) is 29.2 Å². The zero-order valence-electron chi connectivity index (χ0n) is 14.3. The summed E-state index contributed by atoms with van der Waals surface area (Å²) < 4.78 is 5.46. The Morgan fingerprint density at radius 3 is 2.50 bits per heavy atom. The van der Waals surface area contributed by atoms with Crippen LogP contribution in [0.2, 0.25) is 0 Å². The van der Waals surface area contributed by atoms with Crippen molar-refractivity contribution < 1.29 is 19.7 Å². The summed E-state index contributed by atoms with van der Waals surface area (Å²) in [6, 6.07) is 1.76. The summed E-state index contributed by atoms with van der Waals surface area (Å²) in [5.41, 5.74) is 2.67. The summed E-state index contributed by atoms with van der Waals surface area (Å²) >= 11 is 0. The molecule has 1 aromatic rings. The molecule has 2 atom stereocenters. The van der Waals surface area contributed by atoms with Gasteiger partial charge in [-0.2, -0.15) is 0 Å². The SMILES string of the molecule is CCc1cc(O)c(C)c(OC)c1CC(C)C(=O)CC(O)CC. The van der Waals surface area contributed by atoms with Gasteiger partial charge in [0.2, 0.25) is 0 Å². The zero-order chi connectivity index (χ0) is 16.9. The summed E-state index contributed by atoms with van der Waals surface area (Å²) in [6.45, 7) is 7.57. The summed E-state index contributed by atoms with van der Waals surface area (Å²) in [4.78, 5) is 12.2. The Morgan fingerprint density at radius 1 is 1.36 bits per heavy atom. The number of phenols is 1. The Bertz CT molecular complexity index is 522. The molecule has 0 saturated carbocycles. The quantitative estimate of drug-likeness (QED) is 0.774. The molecule has 0 spiro atoms. The summed E-state index contributed by atoms with van der Waals surface area (Å²) in [5.74, 6) is 0.749. The Kier molecular flexibility index (Phi) is 6.88.